The SMILES string of the molecule is CCCCCCCCCCCCCCCCCCCC/C=C/C(O)C(COC1OC(CO)C(OC2OC(CO)C(O)C(OC3(C(=O)O)CC(O)C(NC(C)=O)C(C(O)C(O)CO)O3)C2O)C(O)C1O)NC(=O)CCCCCCCCCCCCCCCCCCCCCCCCCCCCCCCCCC. The maximum Gasteiger partial charge on any atom is 0.364 e. The molecule has 0 spiro atoms. The van der Waals surface area contributed by atoms with Crippen molar-refractivity contribution < 1.29 is 104 Å². The largest absolute Gasteiger partial charge is 0.477 e. The molecule has 2 amide bonds. The fraction of sp³-hybridized carbons (Fsp3) is 0.940. The molecule has 0 aromatic carbocycles. The van der Waals surface area contributed by atoms with E-state index in [0.717, 1.165) is 51.9 Å². The lowest BCUT2D eigenvalue weighted by molar-refractivity contribution is -0.386. The van der Waals surface area contributed by atoms with Crippen LogP contribution in [0.1, 0.15) is 361 Å². The normalized spacial score (nSPS) is 26.1. The molecule has 0 radical (unpaired) electrons. The predicted molar refractivity (Wildman–Crippen MR) is 412 cm³/mol. The van der Waals surface area contributed by atoms with Gasteiger partial charge in [-0.2, -0.15) is 0 Å². The molecule has 0 aliphatic carbocycles. The van der Waals surface area contributed by atoms with Gasteiger partial charge in [-0.05, 0) is 19.3 Å². The Kier molecular flexibility index (Phi) is 57.1. The second kappa shape index (κ2) is 62.0. The fourth-order valence-corrected chi connectivity index (χ4v) is 15.2. The molecule has 23 nitrogen and oxygen atoms in total. The van der Waals surface area contributed by atoms with Gasteiger partial charge in [0.05, 0.1) is 50.7 Å². The molecular weight excluding hydrogens is 1360 g/mol. The highest BCUT2D eigenvalue weighted by atomic mass is 16.8. The van der Waals surface area contributed by atoms with E-state index in [9.17, 15) is 75.7 Å². The Morgan fingerprint density at radius 2 is 0.877 bits per heavy atom. The number of aliphatic hydroxyl groups is 11. The summed E-state index contributed by atoms with van der Waals surface area (Å²) in [7, 11) is 0. The average molecular weight is 1520 g/mol. The van der Waals surface area contributed by atoms with E-state index < -0.39 is 155 Å². The van der Waals surface area contributed by atoms with Gasteiger partial charge >= 0.3 is 5.97 Å². The molecule has 0 aromatic heterocycles. The highest BCUT2D eigenvalue weighted by Crippen LogP contribution is 2.39. The smallest absolute Gasteiger partial charge is 0.364 e. The molecule has 3 fully saturated rings. The lowest BCUT2D eigenvalue weighted by atomic mass is 9.88. The minimum atomic E-state index is -3.08. The third-order valence-corrected chi connectivity index (χ3v) is 22.0. The van der Waals surface area contributed by atoms with Gasteiger partial charge in [0.25, 0.3) is 5.79 Å². The number of nitrogens with one attached hydrogen (secondary N) is 2. The van der Waals surface area contributed by atoms with Crippen LogP contribution >= 0.6 is 0 Å². The second-order valence-electron chi connectivity index (χ2n) is 31.4. The summed E-state index contributed by atoms with van der Waals surface area (Å²) < 4.78 is 35.0. The molecule has 3 saturated heterocycles. The number of unbranched alkanes of at least 4 members (excludes halogenated alkanes) is 49. The molecule has 624 valence electrons. The van der Waals surface area contributed by atoms with E-state index in [-0.39, 0.29) is 12.3 Å². The number of hydrogen-bond donors (Lipinski definition) is 14. The molecule has 106 heavy (non-hydrogen) atoms. The zero-order valence-electron chi connectivity index (χ0n) is 66.3. The molecule has 3 aliphatic heterocycles. The van der Waals surface area contributed by atoms with Crippen molar-refractivity contribution in [1.82, 2.24) is 10.6 Å². The first kappa shape index (κ1) is 97.7. The van der Waals surface area contributed by atoms with Gasteiger partial charge in [0.2, 0.25) is 11.8 Å². The molecule has 23 heteroatoms. The third kappa shape index (κ3) is 41.3. The summed E-state index contributed by atoms with van der Waals surface area (Å²) in [6.45, 7) is 2.21. The Morgan fingerprint density at radius 1 is 0.491 bits per heavy atom. The number of rotatable bonds is 69. The highest BCUT2D eigenvalue weighted by Gasteiger charge is 2.60. The summed E-state index contributed by atoms with van der Waals surface area (Å²) in [5.74, 6) is -6.13. The Bertz CT molecular complexity index is 2150. The number of hydrogen-bond acceptors (Lipinski definition) is 20. The second-order valence-corrected chi connectivity index (χ2v) is 31.4. The van der Waals surface area contributed by atoms with Crippen LogP contribution in [0.5, 0.6) is 0 Å². The number of aliphatic hydroxyl groups excluding tert-OH is 11. The van der Waals surface area contributed by atoms with Crippen molar-refractivity contribution in [2.45, 2.75) is 471 Å². The standard InChI is InChI=1S/C83H156N2O21/c1-4-6-8-10-12-14-16-18-20-22-24-26-27-28-29-30-31-32-33-34-35-36-37-39-41-43-45-47-49-51-53-55-57-70(93)85-64(65(90)56-54-52-50-48-46-44-42-40-38-25-23-21-19-17-15-13-11-9-7-5-2)62-101-80-75(97)74(96)77(69(61-88)103-80)104-81-76(98)79(73(95)68(60-87)102-81)106-83(82(99)100)58-66(91)71(84-63(3)89)78(105-83)72(94)67(92)59-86/h54,56,64-69,71-81,86-88,90-92,94-98H,4-53,55,57-62H2,1-3H3,(H,84,89)(H,85,93)(H,99,100)/b56-54+. The first-order valence-electron chi connectivity index (χ1n) is 43.1. The molecule has 0 bridgehead atoms. The summed E-state index contributed by atoms with van der Waals surface area (Å²) in [5.41, 5.74) is 0. The molecule has 0 saturated carbocycles. The van der Waals surface area contributed by atoms with Crippen molar-refractivity contribution in [3.8, 4) is 0 Å². The molecule has 18 atom stereocenters. The molecule has 3 aliphatic rings. The van der Waals surface area contributed by atoms with E-state index in [0.29, 0.717) is 12.8 Å². The van der Waals surface area contributed by atoms with Crippen molar-refractivity contribution in [2.24, 2.45) is 0 Å². The molecule has 14 N–H and O–H groups in total. The Labute approximate surface area is 639 Å². The van der Waals surface area contributed by atoms with Gasteiger partial charge in [0, 0.05) is 19.8 Å². The van der Waals surface area contributed by atoms with Crippen molar-refractivity contribution >= 4 is 17.8 Å². The number of carboxylic acid groups (broad SMARTS) is 1. The minimum Gasteiger partial charge on any atom is -0.477 e. The van der Waals surface area contributed by atoms with Gasteiger partial charge in [0.15, 0.2) is 12.6 Å². The molecule has 3 heterocycles. The van der Waals surface area contributed by atoms with Gasteiger partial charge in [-0.3, -0.25) is 9.59 Å². The quantitative estimate of drug-likeness (QED) is 0.0199. The highest BCUT2D eigenvalue weighted by molar-refractivity contribution is 5.77. The summed E-state index contributed by atoms with van der Waals surface area (Å²) in [6.07, 6.45) is 39.8. The van der Waals surface area contributed by atoms with Crippen LogP contribution in [-0.4, -0.2) is 215 Å². The van der Waals surface area contributed by atoms with E-state index in [1.54, 1.807) is 6.08 Å². The first-order chi connectivity index (χ1) is 51.4. The van der Waals surface area contributed by atoms with Gasteiger partial charge in [-0.25, -0.2) is 4.79 Å². The fourth-order valence-electron chi connectivity index (χ4n) is 15.2. The van der Waals surface area contributed by atoms with E-state index in [1.165, 1.54) is 270 Å². The number of carboxylic acids is 1. The number of carbonyl (C=O) groups excluding carboxylic acids is 2. The van der Waals surface area contributed by atoms with E-state index in [1.807, 2.05) is 6.08 Å². The summed E-state index contributed by atoms with van der Waals surface area (Å²) in [5, 5.41) is 137. The van der Waals surface area contributed by atoms with Crippen LogP contribution < -0.4 is 10.6 Å². The zero-order chi connectivity index (χ0) is 77.4. The van der Waals surface area contributed by atoms with Crippen LogP contribution in [0.2, 0.25) is 0 Å². The molecular formula is C83H156N2O21. The summed E-state index contributed by atoms with van der Waals surface area (Å²) >= 11 is 0. The lowest BCUT2D eigenvalue weighted by Crippen LogP contribution is -2.70. The predicted octanol–water partition coefficient (Wildman–Crippen LogP) is 12.5. The van der Waals surface area contributed by atoms with Gasteiger partial charge in [0.1, 0.15) is 67.1 Å². The van der Waals surface area contributed by atoms with Crippen LogP contribution in [0.4, 0.5) is 0 Å². The van der Waals surface area contributed by atoms with Crippen LogP contribution in [0, 0.1) is 0 Å². The number of ether oxygens (including phenoxy) is 6. The van der Waals surface area contributed by atoms with Gasteiger partial charge < -0.3 is 100 Å². The number of amides is 2. The van der Waals surface area contributed by atoms with Crippen molar-refractivity contribution in [2.75, 3.05) is 26.4 Å². The number of carbonyl (C=O) groups is 3. The number of allylic oxidation sites excluding steroid dienone is 1. The third-order valence-electron chi connectivity index (χ3n) is 22.0. The van der Waals surface area contributed by atoms with Crippen molar-refractivity contribution in [1.29, 1.82) is 0 Å². The topological polar surface area (TPSA) is 373 Å². The lowest BCUT2D eigenvalue weighted by Gasteiger charge is -2.50. The Balaban J connectivity index is 1.46. The van der Waals surface area contributed by atoms with Gasteiger partial charge in [-0.15, -0.1) is 0 Å². The molecule has 18 unspecified atom stereocenters. The van der Waals surface area contributed by atoms with Gasteiger partial charge in [-0.1, -0.05) is 334 Å². The summed E-state index contributed by atoms with van der Waals surface area (Å²) in [4.78, 5) is 38.7. The summed E-state index contributed by atoms with van der Waals surface area (Å²) in [6, 6.07) is -2.62. The first-order valence-corrected chi connectivity index (χ1v) is 43.1. The monoisotopic (exact) mass is 1520 g/mol. The minimum absolute atomic E-state index is 0.206. The van der Waals surface area contributed by atoms with Crippen molar-refractivity contribution in [3.05, 3.63) is 12.2 Å². The maximum atomic E-state index is 13.6. The Hall–Kier alpha value is -2.53. The van der Waals surface area contributed by atoms with Crippen molar-refractivity contribution in [3.63, 3.8) is 0 Å². The average Bonchev–Trinajstić information content (AvgIpc) is 0.754. The van der Waals surface area contributed by atoms with Crippen LogP contribution in [0.15, 0.2) is 12.2 Å². The Morgan fingerprint density at radius 3 is 1.25 bits per heavy atom. The van der Waals surface area contributed by atoms with E-state index >= 15 is 0 Å². The van der Waals surface area contributed by atoms with Crippen LogP contribution in [0.3, 0.4) is 0 Å². The van der Waals surface area contributed by atoms with E-state index in [2.05, 4.69) is 24.5 Å². The maximum absolute atomic E-state index is 13.6. The zero-order valence-corrected chi connectivity index (χ0v) is 66.3. The van der Waals surface area contributed by atoms with E-state index in [4.69, 9.17) is 28.4 Å². The number of aliphatic carboxylic acids is 1. The molecule has 0 aromatic rings. The van der Waals surface area contributed by atoms with Crippen LogP contribution in [0.25, 0.3) is 0 Å². The van der Waals surface area contributed by atoms with Crippen LogP contribution in [-0.2, 0) is 42.8 Å². The molecule has 3 rings (SSSR count).